The first-order valence-electron chi connectivity index (χ1n) is 10.1. The van der Waals surface area contributed by atoms with Crippen LogP contribution < -0.4 is 5.32 Å². The summed E-state index contributed by atoms with van der Waals surface area (Å²) in [5, 5.41) is 5.31. The first-order valence-corrected chi connectivity index (χ1v) is 11.0. The number of hydrogen-bond acceptors (Lipinski definition) is 4. The molecule has 1 amide bonds. The van der Waals surface area contributed by atoms with Gasteiger partial charge < -0.3 is 10.1 Å². The van der Waals surface area contributed by atoms with Crippen LogP contribution in [0.15, 0.2) is 41.8 Å². The Morgan fingerprint density at radius 2 is 1.89 bits per heavy atom. The minimum atomic E-state index is -0.382. The molecule has 0 radical (unpaired) electrons. The van der Waals surface area contributed by atoms with E-state index in [-0.39, 0.29) is 23.2 Å². The maximum Gasteiger partial charge on any atom is 0.231 e. The maximum absolute atomic E-state index is 13.4. The van der Waals surface area contributed by atoms with Crippen LogP contribution in [0.4, 0.5) is 4.39 Å². The van der Waals surface area contributed by atoms with Gasteiger partial charge in [0.25, 0.3) is 0 Å². The molecule has 2 aromatic rings. The molecule has 0 bridgehead atoms. The first kappa shape index (κ1) is 19.6. The standard InChI is InChI=1S/C22H27FN2O2S/c23-18-7-5-17(6-8-18)19(25-11-13-27-14-12-25)16-24-21(26)22(9-1-2-10-22)20-4-3-15-28-20/h3-8,15,19H,1-2,9-14,16H2,(H,24,26). The number of benzene rings is 1. The van der Waals surface area contributed by atoms with Crippen LogP contribution in [-0.4, -0.2) is 43.7 Å². The molecule has 1 N–H and O–H groups in total. The summed E-state index contributed by atoms with van der Waals surface area (Å²) in [6.07, 6.45) is 4.02. The zero-order chi connectivity index (χ0) is 19.4. The predicted octanol–water partition coefficient (Wildman–Crippen LogP) is 3.89. The Balaban J connectivity index is 1.51. The van der Waals surface area contributed by atoms with Gasteiger partial charge in [-0.3, -0.25) is 9.69 Å². The van der Waals surface area contributed by atoms with Gasteiger partial charge in [-0.15, -0.1) is 11.3 Å². The number of nitrogens with one attached hydrogen (secondary N) is 1. The summed E-state index contributed by atoms with van der Waals surface area (Å²) in [5.41, 5.74) is 0.646. The van der Waals surface area contributed by atoms with E-state index >= 15 is 0 Å². The summed E-state index contributed by atoms with van der Waals surface area (Å²) in [6, 6.07) is 10.8. The first-order chi connectivity index (χ1) is 13.7. The van der Waals surface area contributed by atoms with Crippen LogP contribution in [0.2, 0.25) is 0 Å². The second-order valence-electron chi connectivity index (χ2n) is 7.69. The van der Waals surface area contributed by atoms with E-state index in [9.17, 15) is 9.18 Å². The second-order valence-corrected chi connectivity index (χ2v) is 8.64. The topological polar surface area (TPSA) is 41.6 Å². The summed E-state index contributed by atoms with van der Waals surface area (Å²) >= 11 is 1.68. The number of thiophene rings is 1. The highest BCUT2D eigenvalue weighted by Gasteiger charge is 2.43. The average molecular weight is 403 g/mol. The zero-order valence-corrected chi connectivity index (χ0v) is 16.8. The van der Waals surface area contributed by atoms with Crippen molar-refractivity contribution in [1.82, 2.24) is 10.2 Å². The number of rotatable bonds is 6. The van der Waals surface area contributed by atoms with Gasteiger partial charge >= 0.3 is 0 Å². The Morgan fingerprint density at radius 3 is 2.54 bits per heavy atom. The molecule has 1 atom stereocenters. The van der Waals surface area contributed by atoms with Gasteiger partial charge in [-0.05, 0) is 42.0 Å². The molecular weight excluding hydrogens is 375 g/mol. The van der Waals surface area contributed by atoms with Gasteiger partial charge in [-0.2, -0.15) is 0 Å². The molecule has 2 aliphatic rings. The molecule has 4 rings (SSSR count). The summed E-state index contributed by atoms with van der Waals surface area (Å²) in [4.78, 5) is 16.8. The third kappa shape index (κ3) is 4.00. The largest absolute Gasteiger partial charge is 0.379 e. The normalized spacial score (nSPS) is 20.8. The smallest absolute Gasteiger partial charge is 0.231 e. The fourth-order valence-corrected chi connectivity index (χ4v) is 5.49. The third-order valence-electron chi connectivity index (χ3n) is 6.08. The van der Waals surface area contributed by atoms with Crippen LogP contribution in [0.1, 0.15) is 42.2 Å². The number of ether oxygens (including phenoxy) is 1. The molecule has 1 aromatic carbocycles. The Hall–Kier alpha value is -1.76. The van der Waals surface area contributed by atoms with Crippen molar-refractivity contribution in [2.45, 2.75) is 37.1 Å². The van der Waals surface area contributed by atoms with Crippen LogP contribution >= 0.6 is 11.3 Å². The lowest BCUT2D eigenvalue weighted by atomic mass is 9.83. The van der Waals surface area contributed by atoms with Crippen LogP contribution in [-0.2, 0) is 14.9 Å². The van der Waals surface area contributed by atoms with Crippen LogP contribution in [0.5, 0.6) is 0 Å². The Labute approximate surface area is 169 Å². The third-order valence-corrected chi connectivity index (χ3v) is 7.16. The lowest BCUT2D eigenvalue weighted by Crippen LogP contribution is -2.47. The predicted molar refractivity (Wildman–Crippen MR) is 109 cm³/mol. The molecule has 2 heterocycles. The molecule has 1 aliphatic carbocycles. The number of nitrogens with zero attached hydrogens (tertiary/aromatic N) is 1. The van der Waals surface area contributed by atoms with Crippen molar-refractivity contribution in [3.63, 3.8) is 0 Å². The minimum Gasteiger partial charge on any atom is -0.379 e. The number of hydrogen-bond donors (Lipinski definition) is 1. The fourth-order valence-electron chi connectivity index (χ4n) is 4.51. The summed E-state index contributed by atoms with van der Waals surface area (Å²) in [6.45, 7) is 3.52. The molecule has 0 spiro atoms. The highest BCUT2D eigenvalue weighted by Crippen LogP contribution is 2.43. The van der Waals surface area contributed by atoms with Crippen molar-refractivity contribution in [3.05, 3.63) is 58.0 Å². The number of carbonyl (C=O) groups is 1. The zero-order valence-electron chi connectivity index (χ0n) is 16.0. The van der Waals surface area contributed by atoms with Crippen LogP contribution in [0, 0.1) is 5.82 Å². The van der Waals surface area contributed by atoms with E-state index in [4.69, 9.17) is 4.74 Å². The van der Waals surface area contributed by atoms with Gasteiger partial charge in [-0.1, -0.05) is 31.0 Å². The van der Waals surface area contributed by atoms with E-state index in [1.54, 1.807) is 11.3 Å². The van der Waals surface area contributed by atoms with Crippen molar-refractivity contribution in [3.8, 4) is 0 Å². The maximum atomic E-state index is 13.4. The number of morpholine rings is 1. The van der Waals surface area contributed by atoms with Crippen molar-refractivity contribution in [2.24, 2.45) is 0 Å². The summed E-state index contributed by atoms with van der Waals surface area (Å²) < 4.78 is 18.9. The molecule has 1 aromatic heterocycles. The molecular formula is C22H27FN2O2S. The molecule has 28 heavy (non-hydrogen) atoms. The molecule has 1 saturated carbocycles. The molecule has 1 aliphatic heterocycles. The van der Waals surface area contributed by atoms with Crippen LogP contribution in [0.25, 0.3) is 0 Å². The highest BCUT2D eigenvalue weighted by molar-refractivity contribution is 7.10. The molecule has 6 heteroatoms. The average Bonchev–Trinajstić information content (AvgIpc) is 3.43. The summed E-state index contributed by atoms with van der Waals surface area (Å²) in [5.74, 6) is -0.107. The van der Waals surface area contributed by atoms with Gasteiger partial charge in [0.1, 0.15) is 5.82 Å². The Kier molecular flexibility index (Phi) is 6.09. The van der Waals surface area contributed by atoms with E-state index in [0.29, 0.717) is 19.8 Å². The van der Waals surface area contributed by atoms with Crippen molar-refractivity contribution in [2.75, 3.05) is 32.8 Å². The molecule has 1 unspecified atom stereocenters. The lowest BCUT2D eigenvalue weighted by molar-refractivity contribution is -0.126. The van der Waals surface area contributed by atoms with Gasteiger partial charge in [0.05, 0.1) is 24.7 Å². The summed E-state index contributed by atoms with van der Waals surface area (Å²) in [7, 11) is 0. The Morgan fingerprint density at radius 1 is 1.18 bits per heavy atom. The van der Waals surface area contributed by atoms with Crippen LogP contribution in [0.3, 0.4) is 0 Å². The van der Waals surface area contributed by atoms with E-state index in [0.717, 1.165) is 44.3 Å². The highest BCUT2D eigenvalue weighted by atomic mass is 32.1. The Bertz CT molecular complexity index is 766. The van der Waals surface area contributed by atoms with Gasteiger partial charge in [-0.25, -0.2) is 4.39 Å². The molecule has 2 fully saturated rings. The van der Waals surface area contributed by atoms with E-state index in [1.165, 1.54) is 17.0 Å². The quantitative estimate of drug-likeness (QED) is 0.797. The second kappa shape index (κ2) is 8.72. The molecule has 1 saturated heterocycles. The molecule has 150 valence electrons. The molecule has 4 nitrogen and oxygen atoms in total. The van der Waals surface area contributed by atoms with Crippen molar-refractivity contribution in [1.29, 1.82) is 0 Å². The van der Waals surface area contributed by atoms with E-state index in [2.05, 4.69) is 21.7 Å². The van der Waals surface area contributed by atoms with Gasteiger partial charge in [0, 0.05) is 24.5 Å². The van der Waals surface area contributed by atoms with E-state index < -0.39 is 0 Å². The monoisotopic (exact) mass is 402 g/mol. The SMILES string of the molecule is O=C(NCC(c1ccc(F)cc1)N1CCOCC1)C1(c2cccs2)CCCC1. The number of halogens is 1. The number of amides is 1. The van der Waals surface area contributed by atoms with Crippen molar-refractivity contribution < 1.29 is 13.9 Å². The fraction of sp³-hybridized carbons (Fsp3) is 0.500. The van der Waals surface area contributed by atoms with Gasteiger partial charge in [0.15, 0.2) is 0 Å². The number of carbonyl (C=O) groups excluding carboxylic acids is 1. The van der Waals surface area contributed by atoms with Crippen molar-refractivity contribution >= 4 is 17.2 Å². The minimum absolute atomic E-state index is 0.0234. The van der Waals surface area contributed by atoms with Gasteiger partial charge in [0.2, 0.25) is 5.91 Å². The lowest BCUT2D eigenvalue weighted by Gasteiger charge is -2.36. The van der Waals surface area contributed by atoms with E-state index in [1.807, 2.05) is 18.2 Å².